The number of rotatable bonds is 6. The summed E-state index contributed by atoms with van der Waals surface area (Å²) >= 11 is 6.15. The molecule has 0 radical (unpaired) electrons. The number of aromatic amines is 2. The topological polar surface area (TPSA) is 128 Å². The highest BCUT2D eigenvalue weighted by Gasteiger charge is 2.18. The van der Waals surface area contributed by atoms with E-state index in [0.29, 0.717) is 44.6 Å². The Balaban J connectivity index is 1.28. The van der Waals surface area contributed by atoms with Crippen LogP contribution in [0.3, 0.4) is 0 Å². The van der Waals surface area contributed by atoms with Crippen LogP contribution in [0.2, 0.25) is 5.02 Å². The van der Waals surface area contributed by atoms with Crippen molar-refractivity contribution in [1.82, 2.24) is 25.6 Å². The van der Waals surface area contributed by atoms with Crippen LogP contribution < -0.4 is 10.6 Å². The average Bonchev–Trinajstić information content (AvgIpc) is 3.66. The van der Waals surface area contributed by atoms with Crippen molar-refractivity contribution >= 4 is 45.7 Å². The number of carbonyl (C=O) groups excluding carboxylic acids is 2. The minimum Gasteiger partial charge on any atom is -0.349 e. The quantitative estimate of drug-likeness (QED) is 0.203. The number of carbonyl (C=O) groups is 2. The number of tetrazole rings is 1. The summed E-state index contributed by atoms with van der Waals surface area (Å²) in [5.74, 6) is -0.270. The van der Waals surface area contributed by atoms with Gasteiger partial charge in [-0.15, -0.1) is 5.10 Å². The molecule has 0 unspecified atom stereocenters. The van der Waals surface area contributed by atoms with Crippen LogP contribution in [0.5, 0.6) is 0 Å². The molecule has 4 aromatic carbocycles. The molecular weight excluding hydrogens is 514 g/mol. The zero-order valence-corrected chi connectivity index (χ0v) is 21.0. The van der Waals surface area contributed by atoms with Crippen molar-refractivity contribution in [3.8, 4) is 22.5 Å². The Bertz CT molecular complexity index is 1810. The van der Waals surface area contributed by atoms with E-state index < -0.39 is 0 Å². The number of hydrogen-bond donors (Lipinski definition) is 4. The SMILES string of the molecule is O=C(Nc1ccc(Cl)cc1-c1nnn[nH]1)c1cc2cccc(NC(=O)c3ccccc3-c3ccccc3)c2[nH]1. The number of amides is 2. The fourth-order valence-electron chi connectivity index (χ4n) is 4.41. The number of fused-ring (bicyclic) bond motifs is 1. The molecule has 0 aliphatic heterocycles. The Morgan fingerprint density at radius 1 is 0.744 bits per heavy atom. The molecule has 0 saturated carbocycles. The molecule has 39 heavy (non-hydrogen) atoms. The molecule has 10 heteroatoms. The minimum atomic E-state index is -0.381. The largest absolute Gasteiger partial charge is 0.349 e. The van der Waals surface area contributed by atoms with Gasteiger partial charge in [0.05, 0.1) is 16.9 Å². The minimum absolute atomic E-state index is 0.256. The molecule has 9 nitrogen and oxygen atoms in total. The van der Waals surface area contributed by atoms with Crippen LogP contribution in [0.25, 0.3) is 33.4 Å². The van der Waals surface area contributed by atoms with Gasteiger partial charge in [0.1, 0.15) is 5.69 Å². The predicted octanol–water partition coefficient (Wildman–Crippen LogP) is 6.17. The lowest BCUT2D eigenvalue weighted by Crippen LogP contribution is -2.14. The normalized spacial score (nSPS) is 10.9. The summed E-state index contributed by atoms with van der Waals surface area (Å²) in [4.78, 5) is 29.8. The van der Waals surface area contributed by atoms with Crippen LogP contribution in [0.1, 0.15) is 20.8 Å². The van der Waals surface area contributed by atoms with E-state index in [1.807, 2.05) is 60.7 Å². The third-order valence-electron chi connectivity index (χ3n) is 6.24. The van der Waals surface area contributed by atoms with E-state index in [1.54, 1.807) is 36.4 Å². The molecule has 2 aromatic heterocycles. The van der Waals surface area contributed by atoms with E-state index in [2.05, 4.69) is 36.2 Å². The van der Waals surface area contributed by atoms with Crippen molar-refractivity contribution in [2.75, 3.05) is 10.6 Å². The molecule has 2 heterocycles. The summed E-state index contributed by atoms with van der Waals surface area (Å²) in [6, 6.07) is 29.4. The number of hydrogen-bond acceptors (Lipinski definition) is 5. The van der Waals surface area contributed by atoms with E-state index in [4.69, 9.17) is 11.6 Å². The highest BCUT2D eigenvalue weighted by Crippen LogP contribution is 2.30. The highest BCUT2D eigenvalue weighted by atomic mass is 35.5. The summed E-state index contributed by atoms with van der Waals surface area (Å²) in [7, 11) is 0. The second-order valence-corrected chi connectivity index (χ2v) is 9.15. The van der Waals surface area contributed by atoms with Gasteiger partial charge in [0.25, 0.3) is 11.8 Å². The third kappa shape index (κ3) is 4.86. The van der Waals surface area contributed by atoms with E-state index in [9.17, 15) is 9.59 Å². The lowest BCUT2D eigenvalue weighted by molar-refractivity contribution is 0.101. The van der Waals surface area contributed by atoms with E-state index >= 15 is 0 Å². The zero-order valence-electron chi connectivity index (χ0n) is 20.3. The van der Waals surface area contributed by atoms with Crippen molar-refractivity contribution in [3.05, 3.63) is 113 Å². The average molecular weight is 534 g/mol. The lowest BCUT2D eigenvalue weighted by Gasteiger charge is -2.11. The number of nitrogens with one attached hydrogen (secondary N) is 4. The molecule has 0 spiro atoms. The van der Waals surface area contributed by atoms with Crippen LogP contribution >= 0.6 is 11.6 Å². The number of H-pyrrole nitrogens is 2. The number of anilines is 2. The van der Waals surface area contributed by atoms with Gasteiger partial charge in [-0.1, -0.05) is 72.3 Å². The number of para-hydroxylation sites is 1. The van der Waals surface area contributed by atoms with E-state index in [-0.39, 0.29) is 11.8 Å². The first-order valence-electron chi connectivity index (χ1n) is 12.0. The lowest BCUT2D eigenvalue weighted by atomic mass is 9.99. The molecule has 0 saturated heterocycles. The fourth-order valence-corrected chi connectivity index (χ4v) is 4.58. The summed E-state index contributed by atoms with van der Waals surface area (Å²) in [6.07, 6.45) is 0. The van der Waals surface area contributed by atoms with Gasteiger partial charge in [0.2, 0.25) is 0 Å². The van der Waals surface area contributed by atoms with Crippen LogP contribution in [-0.4, -0.2) is 37.4 Å². The molecule has 6 rings (SSSR count). The fraction of sp³-hybridized carbons (Fsp3) is 0. The predicted molar refractivity (Wildman–Crippen MR) is 151 cm³/mol. The maximum Gasteiger partial charge on any atom is 0.272 e. The molecule has 0 aliphatic carbocycles. The van der Waals surface area contributed by atoms with Gasteiger partial charge < -0.3 is 15.6 Å². The Hall–Kier alpha value is -5.28. The van der Waals surface area contributed by atoms with Crippen molar-refractivity contribution in [3.63, 3.8) is 0 Å². The first-order valence-corrected chi connectivity index (χ1v) is 12.4. The molecule has 0 atom stereocenters. The summed E-state index contributed by atoms with van der Waals surface area (Å²) in [5, 5.41) is 20.9. The second-order valence-electron chi connectivity index (χ2n) is 8.71. The summed E-state index contributed by atoms with van der Waals surface area (Å²) < 4.78 is 0. The first kappa shape index (κ1) is 24.1. The number of nitrogens with zero attached hydrogens (tertiary/aromatic N) is 3. The van der Waals surface area contributed by atoms with Crippen LogP contribution in [0, 0.1) is 0 Å². The first-order chi connectivity index (χ1) is 19.1. The summed E-state index contributed by atoms with van der Waals surface area (Å²) in [6.45, 7) is 0. The van der Waals surface area contributed by atoms with Crippen LogP contribution in [0.4, 0.5) is 11.4 Å². The maximum atomic E-state index is 13.4. The van der Waals surface area contributed by atoms with Crippen molar-refractivity contribution in [2.45, 2.75) is 0 Å². The van der Waals surface area contributed by atoms with E-state index in [0.717, 1.165) is 16.5 Å². The van der Waals surface area contributed by atoms with E-state index in [1.165, 1.54) is 0 Å². The number of aromatic nitrogens is 5. The molecule has 0 aliphatic rings. The Labute approximate surface area is 227 Å². The Kier molecular flexibility index (Phi) is 6.32. The summed E-state index contributed by atoms with van der Waals surface area (Å²) in [5.41, 5.74) is 4.84. The van der Waals surface area contributed by atoms with Crippen molar-refractivity contribution in [1.29, 1.82) is 0 Å². The van der Waals surface area contributed by atoms with Gasteiger partial charge in [-0.05, 0) is 58.0 Å². The highest BCUT2D eigenvalue weighted by molar-refractivity contribution is 6.31. The standard InChI is InChI=1S/C29H20ClN7O2/c30-19-13-14-23(22(16-19)27-34-36-37-35-27)32-29(39)25-15-18-9-6-12-24(26(18)31-25)33-28(38)21-11-5-4-10-20(21)17-7-2-1-3-8-17/h1-16,31H,(H,32,39)(H,33,38)(H,34,35,36,37). The maximum absolute atomic E-state index is 13.4. The molecule has 190 valence electrons. The molecule has 0 bridgehead atoms. The van der Waals surface area contributed by atoms with Gasteiger partial charge in [0, 0.05) is 21.5 Å². The van der Waals surface area contributed by atoms with Gasteiger partial charge in [0.15, 0.2) is 5.82 Å². The second kappa shape index (κ2) is 10.2. The van der Waals surface area contributed by atoms with Crippen molar-refractivity contribution < 1.29 is 9.59 Å². The van der Waals surface area contributed by atoms with Gasteiger partial charge in [-0.2, -0.15) is 0 Å². The molecular formula is C29H20ClN7O2. The number of halogens is 1. The van der Waals surface area contributed by atoms with Crippen molar-refractivity contribution in [2.24, 2.45) is 0 Å². The Morgan fingerprint density at radius 3 is 2.36 bits per heavy atom. The zero-order chi connectivity index (χ0) is 26.8. The van der Waals surface area contributed by atoms with Gasteiger partial charge in [-0.3, -0.25) is 9.59 Å². The third-order valence-corrected chi connectivity index (χ3v) is 6.47. The Morgan fingerprint density at radius 2 is 1.54 bits per heavy atom. The van der Waals surface area contributed by atoms with Crippen LogP contribution in [-0.2, 0) is 0 Å². The van der Waals surface area contributed by atoms with Crippen LogP contribution in [0.15, 0.2) is 97.1 Å². The molecule has 2 amide bonds. The smallest absolute Gasteiger partial charge is 0.272 e. The number of benzene rings is 4. The molecule has 0 fully saturated rings. The van der Waals surface area contributed by atoms with Gasteiger partial charge >= 0.3 is 0 Å². The molecule has 4 N–H and O–H groups in total. The molecule has 6 aromatic rings. The van der Waals surface area contributed by atoms with Gasteiger partial charge in [-0.25, -0.2) is 5.10 Å². The monoisotopic (exact) mass is 533 g/mol.